The number of cyclic esters (lactones) is 2. The molecular formula is C25H26Br2F2N2O6. The molecule has 2 aromatic carbocycles. The van der Waals surface area contributed by atoms with Gasteiger partial charge >= 0.3 is 18.3 Å². The number of hydrogen-bond acceptors (Lipinski definition) is 6. The lowest BCUT2D eigenvalue weighted by Gasteiger charge is -2.25. The summed E-state index contributed by atoms with van der Waals surface area (Å²) in [4.78, 5) is 35.7. The molecule has 3 amide bonds. The van der Waals surface area contributed by atoms with E-state index in [2.05, 4.69) is 37.2 Å². The summed E-state index contributed by atoms with van der Waals surface area (Å²) in [7, 11) is 0. The molecule has 0 aromatic heterocycles. The van der Waals surface area contributed by atoms with Crippen molar-refractivity contribution in [2.75, 3.05) is 13.3 Å². The van der Waals surface area contributed by atoms with E-state index in [-0.39, 0.29) is 0 Å². The van der Waals surface area contributed by atoms with Crippen molar-refractivity contribution in [3.05, 3.63) is 68.6 Å². The van der Waals surface area contributed by atoms with Gasteiger partial charge in [0.05, 0.1) is 0 Å². The molecule has 0 unspecified atom stereocenters. The normalized spacial score (nSPS) is 22.9. The van der Waals surface area contributed by atoms with Crippen molar-refractivity contribution < 1.29 is 37.4 Å². The zero-order valence-corrected chi connectivity index (χ0v) is 23.4. The third-order valence-corrected chi connectivity index (χ3v) is 6.38. The van der Waals surface area contributed by atoms with Crippen molar-refractivity contribution in [3.8, 4) is 0 Å². The van der Waals surface area contributed by atoms with Crippen LogP contribution in [-0.4, -0.2) is 54.2 Å². The molecule has 2 fully saturated rings. The minimum absolute atomic E-state index is 0.532. The fourth-order valence-corrected chi connectivity index (χ4v) is 4.19. The molecule has 0 spiro atoms. The number of nitrogens with zero attached hydrogens (tertiary/aromatic N) is 1. The van der Waals surface area contributed by atoms with Crippen molar-refractivity contribution in [1.29, 1.82) is 0 Å². The second-order valence-corrected chi connectivity index (χ2v) is 11.0. The summed E-state index contributed by atoms with van der Waals surface area (Å²) in [5.74, 6) is 0. The van der Waals surface area contributed by atoms with Gasteiger partial charge in [0.1, 0.15) is 31.0 Å². The zero-order valence-electron chi connectivity index (χ0n) is 20.3. The Morgan fingerprint density at radius 2 is 1.43 bits per heavy atom. The highest BCUT2D eigenvalue weighted by molar-refractivity contribution is 9.10. The molecule has 0 radical (unpaired) electrons. The molecule has 4 atom stereocenters. The van der Waals surface area contributed by atoms with Crippen molar-refractivity contribution in [3.63, 3.8) is 0 Å². The number of amides is 3. The number of imide groups is 1. The number of halogens is 4. The number of alkyl carbamates (subject to hydrolysis) is 1. The number of benzene rings is 2. The number of rotatable bonds is 4. The van der Waals surface area contributed by atoms with E-state index in [0.717, 1.165) is 14.5 Å². The number of ether oxygens (including phenoxy) is 3. The molecule has 2 heterocycles. The molecule has 200 valence electrons. The Morgan fingerprint density at radius 3 is 1.89 bits per heavy atom. The van der Waals surface area contributed by atoms with E-state index in [4.69, 9.17) is 14.2 Å². The Labute approximate surface area is 229 Å². The summed E-state index contributed by atoms with van der Waals surface area (Å²) in [6, 6.07) is 12.6. The van der Waals surface area contributed by atoms with Gasteiger partial charge in [0, 0.05) is 8.95 Å². The maximum Gasteiger partial charge on any atom is 0.420 e. The summed E-state index contributed by atoms with van der Waals surface area (Å²) in [5.41, 5.74) is 0.623. The van der Waals surface area contributed by atoms with Crippen molar-refractivity contribution in [2.45, 2.75) is 50.7 Å². The van der Waals surface area contributed by atoms with Crippen molar-refractivity contribution in [2.24, 2.45) is 0 Å². The van der Waals surface area contributed by atoms with Gasteiger partial charge in [-0.15, -0.1) is 0 Å². The molecule has 0 aliphatic carbocycles. The molecule has 2 aliphatic rings. The highest BCUT2D eigenvalue weighted by Gasteiger charge is 2.48. The van der Waals surface area contributed by atoms with Gasteiger partial charge in [-0.3, -0.25) is 0 Å². The maximum absolute atomic E-state index is 13.4. The molecule has 2 aliphatic heterocycles. The quantitative estimate of drug-likeness (QED) is 0.368. The fourth-order valence-electron chi connectivity index (χ4n) is 3.66. The highest BCUT2D eigenvalue weighted by Crippen LogP contribution is 2.34. The zero-order chi connectivity index (χ0) is 27.3. The minimum atomic E-state index is -1.04. The molecule has 2 aromatic rings. The summed E-state index contributed by atoms with van der Waals surface area (Å²) in [6.07, 6.45) is -3.75. The average molecular weight is 648 g/mol. The number of nitrogens with one attached hydrogen (secondary N) is 1. The highest BCUT2D eigenvalue weighted by atomic mass is 79.9. The minimum Gasteiger partial charge on any atom is -0.443 e. The van der Waals surface area contributed by atoms with E-state index in [1.807, 2.05) is 12.1 Å². The molecule has 37 heavy (non-hydrogen) atoms. The molecule has 0 saturated carbocycles. The molecule has 12 heteroatoms. The topological polar surface area (TPSA) is 94.2 Å². The summed E-state index contributed by atoms with van der Waals surface area (Å²) in [5, 5.41) is 2.42. The van der Waals surface area contributed by atoms with Crippen LogP contribution in [0.2, 0.25) is 0 Å². The monoisotopic (exact) mass is 646 g/mol. The predicted octanol–water partition coefficient (Wildman–Crippen LogP) is 6.78. The van der Waals surface area contributed by atoms with E-state index in [0.29, 0.717) is 10.5 Å². The summed E-state index contributed by atoms with van der Waals surface area (Å²) >= 11 is 6.60. The Kier molecular flexibility index (Phi) is 9.51. The van der Waals surface area contributed by atoms with Gasteiger partial charge in [-0.2, -0.15) is 0 Å². The lowest BCUT2D eigenvalue weighted by atomic mass is 10.0. The number of hydrogen-bond donors (Lipinski definition) is 1. The average Bonchev–Trinajstić information content (AvgIpc) is 3.38. The van der Waals surface area contributed by atoms with Gasteiger partial charge < -0.3 is 19.5 Å². The van der Waals surface area contributed by atoms with Crippen molar-refractivity contribution >= 4 is 50.1 Å². The first-order chi connectivity index (χ1) is 17.4. The van der Waals surface area contributed by atoms with Crippen molar-refractivity contribution in [1.82, 2.24) is 10.2 Å². The van der Waals surface area contributed by atoms with Gasteiger partial charge in [0.15, 0.2) is 12.2 Å². The first-order valence-electron chi connectivity index (χ1n) is 11.3. The molecule has 2 saturated heterocycles. The van der Waals surface area contributed by atoms with Crippen LogP contribution in [0.15, 0.2) is 57.5 Å². The number of alkyl halides is 2. The molecule has 8 nitrogen and oxygen atoms in total. The Balaban J connectivity index is 0.000000220. The SMILES string of the molecule is CC(C)(C)OC(=O)N1C(=O)O[C@H](c2ccc(Br)cc2)[C@H]1CF.O=C1N[C@H](CF)[C@@H](c2ccc(Br)cc2)O1. The van der Waals surface area contributed by atoms with Gasteiger partial charge in [0.25, 0.3) is 0 Å². The van der Waals surface area contributed by atoms with E-state index in [1.54, 1.807) is 57.2 Å². The second kappa shape index (κ2) is 12.2. The predicted molar refractivity (Wildman–Crippen MR) is 137 cm³/mol. The van der Waals surface area contributed by atoms with E-state index < -0.39 is 61.5 Å². The molecule has 4 rings (SSSR count). The Morgan fingerprint density at radius 1 is 0.919 bits per heavy atom. The Hall–Kier alpha value is -2.73. The van der Waals surface area contributed by atoms with Gasteiger partial charge in [0.2, 0.25) is 0 Å². The van der Waals surface area contributed by atoms with Crippen LogP contribution in [0.3, 0.4) is 0 Å². The first-order valence-corrected chi connectivity index (χ1v) is 12.8. The lowest BCUT2D eigenvalue weighted by molar-refractivity contribution is 0.0269. The van der Waals surface area contributed by atoms with Gasteiger partial charge in [-0.1, -0.05) is 56.1 Å². The number of carbonyl (C=O) groups is 3. The molecular weight excluding hydrogens is 622 g/mol. The van der Waals surface area contributed by atoms with E-state index in [9.17, 15) is 23.2 Å². The van der Waals surface area contributed by atoms with Crippen LogP contribution in [-0.2, 0) is 14.2 Å². The van der Waals surface area contributed by atoms with E-state index in [1.165, 1.54) is 0 Å². The Bertz CT molecular complexity index is 1110. The largest absolute Gasteiger partial charge is 0.443 e. The smallest absolute Gasteiger partial charge is 0.420 e. The van der Waals surface area contributed by atoms with Crippen LogP contribution in [0.25, 0.3) is 0 Å². The lowest BCUT2D eigenvalue weighted by Crippen LogP contribution is -2.43. The van der Waals surface area contributed by atoms with Crippen LogP contribution < -0.4 is 5.32 Å². The van der Waals surface area contributed by atoms with Crippen LogP contribution in [0.5, 0.6) is 0 Å². The third-order valence-electron chi connectivity index (χ3n) is 5.32. The summed E-state index contributed by atoms with van der Waals surface area (Å²) < 4.78 is 43.1. The van der Waals surface area contributed by atoms with Crippen LogP contribution in [0.4, 0.5) is 23.2 Å². The third kappa shape index (κ3) is 7.41. The first kappa shape index (κ1) is 28.8. The fraction of sp³-hybridized carbons (Fsp3) is 0.400. The molecule has 0 bridgehead atoms. The van der Waals surface area contributed by atoms with Crippen LogP contribution >= 0.6 is 31.9 Å². The van der Waals surface area contributed by atoms with Crippen LogP contribution in [0, 0.1) is 0 Å². The van der Waals surface area contributed by atoms with Crippen LogP contribution in [0.1, 0.15) is 44.1 Å². The summed E-state index contributed by atoms with van der Waals surface area (Å²) in [6.45, 7) is 3.47. The maximum atomic E-state index is 13.4. The second-order valence-electron chi connectivity index (χ2n) is 9.21. The van der Waals surface area contributed by atoms with Gasteiger partial charge in [-0.25, -0.2) is 28.1 Å². The molecule has 1 N–H and O–H groups in total. The number of carbonyl (C=O) groups excluding carboxylic acids is 3. The van der Waals surface area contributed by atoms with Gasteiger partial charge in [-0.05, 0) is 56.2 Å². The van der Waals surface area contributed by atoms with E-state index >= 15 is 0 Å². The standard InChI is InChI=1S/C15H17BrFNO4.C10H9BrFNO2/c1-15(2,3)22-14(20)18-11(8-17)12(21-13(18)19)9-4-6-10(16)7-5-9;11-7-3-1-6(2-4-7)9-8(5-12)13-10(14)15-9/h4-7,11-12H,8H2,1-3H3;1-4,8-9H,5H2,(H,13,14)/t11-,12-;8-,9-/m11/s1.